The van der Waals surface area contributed by atoms with Crippen molar-refractivity contribution in [3.63, 3.8) is 0 Å². The summed E-state index contributed by atoms with van der Waals surface area (Å²) >= 11 is 6.27. The molecule has 1 unspecified atom stereocenters. The monoisotopic (exact) mass is 267 g/mol. The second-order valence-corrected chi connectivity index (χ2v) is 6.27. The van der Waals surface area contributed by atoms with E-state index in [1.807, 2.05) is 12.1 Å². The van der Waals surface area contributed by atoms with Crippen molar-refractivity contribution < 1.29 is 0 Å². The Labute approximate surface area is 117 Å². The zero-order chi connectivity index (χ0) is 13.6. The van der Waals surface area contributed by atoms with Crippen molar-refractivity contribution in [2.75, 3.05) is 6.54 Å². The van der Waals surface area contributed by atoms with Crippen molar-refractivity contribution in [2.45, 2.75) is 53.0 Å². The van der Waals surface area contributed by atoms with Gasteiger partial charge in [0.2, 0.25) is 0 Å². The van der Waals surface area contributed by atoms with Crippen LogP contribution < -0.4 is 5.32 Å². The van der Waals surface area contributed by atoms with Gasteiger partial charge >= 0.3 is 0 Å². The molecule has 0 aliphatic heterocycles. The van der Waals surface area contributed by atoms with Crippen molar-refractivity contribution in [1.29, 1.82) is 0 Å². The molecule has 0 spiro atoms. The Kier molecular flexibility index (Phi) is 6.17. The summed E-state index contributed by atoms with van der Waals surface area (Å²) in [5, 5.41) is 4.46. The van der Waals surface area contributed by atoms with Crippen LogP contribution in [0.1, 0.15) is 46.1 Å². The second kappa shape index (κ2) is 7.16. The number of halogens is 1. The maximum atomic E-state index is 6.27. The van der Waals surface area contributed by atoms with Crippen molar-refractivity contribution in [3.8, 4) is 0 Å². The normalized spacial score (nSPS) is 14.8. The minimum absolute atomic E-state index is 0.282. The maximum absolute atomic E-state index is 6.27. The fourth-order valence-electron chi connectivity index (χ4n) is 2.39. The van der Waals surface area contributed by atoms with Gasteiger partial charge in [-0.1, -0.05) is 63.9 Å². The van der Waals surface area contributed by atoms with E-state index in [1.54, 1.807) is 0 Å². The van der Waals surface area contributed by atoms with Crippen LogP contribution in [-0.2, 0) is 6.42 Å². The first-order valence-corrected chi connectivity index (χ1v) is 7.31. The molecule has 0 bridgehead atoms. The van der Waals surface area contributed by atoms with Gasteiger partial charge in [-0.15, -0.1) is 0 Å². The fourth-order valence-corrected chi connectivity index (χ4v) is 2.60. The summed E-state index contributed by atoms with van der Waals surface area (Å²) in [6.07, 6.45) is 3.47. The highest BCUT2D eigenvalue weighted by Gasteiger charge is 2.24. The number of rotatable bonds is 7. The zero-order valence-electron chi connectivity index (χ0n) is 12.1. The average molecular weight is 268 g/mol. The van der Waals surface area contributed by atoms with Gasteiger partial charge in [0.15, 0.2) is 0 Å². The number of nitrogens with one attached hydrogen (secondary N) is 1. The minimum Gasteiger partial charge on any atom is -0.314 e. The summed E-state index contributed by atoms with van der Waals surface area (Å²) < 4.78 is 0. The van der Waals surface area contributed by atoms with E-state index in [9.17, 15) is 0 Å². The van der Waals surface area contributed by atoms with E-state index in [0.29, 0.717) is 6.04 Å². The predicted molar refractivity (Wildman–Crippen MR) is 81.3 cm³/mol. The first-order valence-electron chi connectivity index (χ1n) is 6.93. The van der Waals surface area contributed by atoms with E-state index < -0.39 is 0 Å². The van der Waals surface area contributed by atoms with Gasteiger partial charge < -0.3 is 5.32 Å². The van der Waals surface area contributed by atoms with Crippen LogP contribution in [0.15, 0.2) is 24.3 Å². The molecule has 0 saturated carbocycles. The summed E-state index contributed by atoms with van der Waals surface area (Å²) in [7, 11) is 0. The van der Waals surface area contributed by atoms with E-state index in [0.717, 1.165) is 18.0 Å². The number of hydrogen-bond acceptors (Lipinski definition) is 1. The Morgan fingerprint density at radius 1 is 1.28 bits per heavy atom. The van der Waals surface area contributed by atoms with Gasteiger partial charge in [-0.25, -0.2) is 0 Å². The molecule has 1 nitrogen and oxygen atoms in total. The molecule has 0 aliphatic carbocycles. The summed E-state index contributed by atoms with van der Waals surface area (Å²) in [6.45, 7) is 10.0. The zero-order valence-corrected chi connectivity index (χ0v) is 12.8. The average Bonchev–Trinajstić information content (AvgIpc) is 2.30. The largest absolute Gasteiger partial charge is 0.314 e. The summed E-state index contributed by atoms with van der Waals surface area (Å²) in [5.74, 6) is 0. The standard InChI is InChI=1S/C16H26ClN/c1-5-10-16(4,12-18-13(2)3)11-14-8-6-7-9-15(14)17/h6-9,13,18H,5,10-12H2,1-4H3. The molecule has 1 N–H and O–H groups in total. The number of benzene rings is 1. The SMILES string of the molecule is CCCC(C)(CNC(C)C)Cc1ccccc1Cl. The van der Waals surface area contributed by atoms with Crippen molar-refractivity contribution in [3.05, 3.63) is 34.9 Å². The van der Waals surface area contributed by atoms with Gasteiger partial charge in [0.05, 0.1) is 0 Å². The van der Waals surface area contributed by atoms with Gasteiger partial charge in [-0.3, -0.25) is 0 Å². The fraction of sp³-hybridized carbons (Fsp3) is 0.625. The Morgan fingerprint density at radius 3 is 2.50 bits per heavy atom. The summed E-state index contributed by atoms with van der Waals surface area (Å²) in [5.41, 5.74) is 1.55. The molecule has 1 rings (SSSR count). The van der Waals surface area contributed by atoms with Crippen LogP contribution in [0.25, 0.3) is 0 Å². The molecule has 0 heterocycles. The van der Waals surface area contributed by atoms with Crippen LogP contribution in [0.4, 0.5) is 0 Å². The topological polar surface area (TPSA) is 12.0 Å². The van der Waals surface area contributed by atoms with Crippen LogP contribution in [0, 0.1) is 5.41 Å². The van der Waals surface area contributed by atoms with Crippen LogP contribution in [0.3, 0.4) is 0 Å². The highest BCUT2D eigenvalue weighted by atomic mass is 35.5. The molecule has 0 aromatic heterocycles. The van der Waals surface area contributed by atoms with Gasteiger partial charge in [-0.2, -0.15) is 0 Å². The van der Waals surface area contributed by atoms with Gasteiger partial charge in [0, 0.05) is 17.6 Å². The lowest BCUT2D eigenvalue weighted by Crippen LogP contribution is -2.37. The maximum Gasteiger partial charge on any atom is 0.0438 e. The lowest BCUT2D eigenvalue weighted by molar-refractivity contribution is 0.267. The Morgan fingerprint density at radius 2 is 1.94 bits per heavy atom. The van der Waals surface area contributed by atoms with E-state index in [1.165, 1.54) is 18.4 Å². The molecule has 0 radical (unpaired) electrons. The molecule has 2 heteroatoms. The van der Waals surface area contributed by atoms with Gasteiger partial charge in [0.1, 0.15) is 0 Å². The van der Waals surface area contributed by atoms with Gasteiger partial charge in [-0.05, 0) is 29.9 Å². The molecule has 0 amide bonds. The third-order valence-electron chi connectivity index (χ3n) is 3.37. The third kappa shape index (κ3) is 4.99. The van der Waals surface area contributed by atoms with Crippen LogP contribution in [-0.4, -0.2) is 12.6 Å². The Bertz CT molecular complexity index is 362. The quantitative estimate of drug-likeness (QED) is 0.756. The van der Waals surface area contributed by atoms with Crippen LogP contribution >= 0.6 is 11.6 Å². The highest BCUT2D eigenvalue weighted by Crippen LogP contribution is 2.30. The molecular weight excluding hydrogens is 242 g/mol. The highest BCUT2D eigenvalue weighted by molar-refractivity contribution is 6.31. The van der Waals surface area contributed by atoms with Crippen LogP contribution in [0.2, 0.25) is 5.02 Å². The lowest BCUT2D eigenvalue weighted by Gasteiger charge is -2.31. The van der Waals surface area contributed by atoms with E-state index in [-0.39, 0.29) is 5.41 Å². The summed E-state index contributed by atoms with van der Waals surface area (Å²) in [4.78, 5) is 0. The van der Waals surface area contributed by atoms with Crippen molar-refractivity contribution >= 4 is 11.6 Å². The van der Waals surface area contributed by atoms with Crippen molar-refractivity contribution in [2.24, 2.45) is 5.41 Å². The van der Waals surface area contributed by atoms with E-state index in [2.05, 4.69) is 45.1 Å². The summed E-state index contributed by atoms with van der Waals surface area (Å²) in [6, 6.07) is 8.73. The number of hydrogen-bond donors (Lipinski definition) is 1. The van der Waals surface area contributed by atoms with E-state index in [4.69, 9.17) is 11.6 Å². The Balaban J connectivity index is 2.75. The smallest absolute Gasteiger partial charge is 0.0438 e. The predicted octanol–water partition coefficient (Wildman–Crippen LogP) is 4.69. The molecule has 0 aliphatic rings. The first-order chi connectivity index (χ1) is 8.47. The van der Waals surface area contributed by atoms with E-state index >= 15 is 0 Å². The van der Waals surface area contributed by atoms with Gasteiger partial charge in [0.25, 0.3) is 0 Å². The molecule has 18 heavy (non-hydrogen) atoms. The molecule has 0 fully saturated rings. The molecule has 1 atom stereocenters. The Hall–Kier alpha value is -0.530. The first kappa shape index (κ1) is 15.5. The minimum atomic E-state index is 0.282. The molecule has 0 saturated heterocycles. The molecule has 1 aromatic carbocycles. The van der Waals surface area contributed by atoms with Crippen molar-refractivity contribution in [1.82, 2.24) is 5.32 Å². The molecular formula is C16H26ClN. The lowest BCUT2D eigenvalue weighted by atomic mass is 9.79. The molecule has 102 valence electrons. The second-order valence-electron chi connectivity index (χ2n) is 5.86. The van der Waals surface area contributed by atoms with Crippen LogP contribution in [0.5, 0.6) is 0 Å². The third-order valence-corrected chi connectivity index (χ3v) is 3.73. The molecule has 1 aromatic rings.